The predicted octanol–water partition coefficient (Wildman–Crippen LogP) is 5.36. The van der Waals surface area contributed by atoms with Crippen LogP contribution >= 0.6 is 23.1 Å². The summed E-state index contributed by atoms with van der Waals surface area (Å²) in [7, 11) is 0. The molecule has 7 heteroatoms. The first-order chi connectivity index (χ1) is 12.2. The fourth-order valence-corrected chi connectivity index (χ4v) is 3.79. The van der Waals surface area contributed by atoms with Crippen LogP contribution in [0.15, 0.2) is 55.8 Å². The second kappa shape index (κ2) is 6.85. The van der Waals surface area contributed by atoms with Crippen molar-refractivity contribution in [3.8, 4) is 22.2 Å². The van der Waals surface area contributed by atoms with E-state index in [2.05, 4.69) is 15.2 Å². The molecule has 0 radical (unpaired) electrons. The summed E-state index contributed by atoms with van der Waals surface area (Å²) in [6.45, 7) is 3.97. The number of furan rings is 1. The average molecular weight is 369 g/mol. The molecule has 0 saturated carbocycles. The zero-order valence-electron chi connectivity index (χ0n) is 13.7. The van der Waals surface area contributed by atoms with Gasteiger partial charge in [-0.2, -0.15) is 0 Å². The Morgan fingerprint density at radius 1 is 1.00 bits per heavy atom. The van der Waals surface area contributed by atoms with Gasteiger partial charge >= 0.3 is 0 Å². The Bertz CT molecular complexity index is 986. The zero-order valence-corrected chi connectivity index (χ0v) is 15.4. The van der Waals surface area contributed by atoms with Crippen LogP contribution in [0.1, 0.15) is 17.0 Å². The summed E-state index contributed by atoms with van der Waals surface area (Å²) in [5.41, 5.74) is 3.09. The smallest absolute Gasteiger partial charge is 0.277 e. The molecule has 0 N–H and O–H groups in total. The molecule has 0 spiro atoms. The van der Waals surface area contributed by atoms with Gasteiger partial charge in [0.1, 0.15) is 5.76 Å². The Hall–Kier alpha value is -2.38. The van der Waals surface area contributed by atoms with E-state index in [1.54, 1.807) is 11.3 Å². The van der Waals surface area contributed by atoms with Crippen LogP contribution in [0.25, 0.3) is 22.2 Å². The van der Waals surface area contributed by atoms with E-state index in [0.717, 1.165) is 27.8 Å². The van der Waals surface area contributed by atoms with Gasteiger partial charge < -0.3 is 8.83 Å². The van der Waals surface area contributed by atoms with Crippen molar-refractivity contribution in [1.82, 2.24) is 15.2 Å². The molecule has 4 aromatic rings. The molecule has 0 aliphatic rings. The normalized spacial score (nSPS) is 11.1. The molecule has 0 amide bonds. The van der Waals surface area contributed by atoms with Gasteiger partial charge in [-0.3, -0.25) is 0 Å². The quantitative estimate of drug-likeness (QED) is 0.441. The molecule has 0 aliphatic heterocycles. The summed E-state index contributed by atoms with van der Waals surface area (Å²) in [5, 5.41) is 11.7. The largest absolute Gasteiger partial charge is 0.459 e. The molecule has 3 aromatic heterocycles. The number of hydrogen-bond acceptors (Lipinski definition) is 7. The molecule has 0 saturated heterocycles. The van der Waals surface area contributed by atoms with Crippen LogP contribution in [0.3, 0.4) is 0 Å². The lowest BCUT2D eigenvalue weighted by molar-refractivity contribution is 0.466. The topological polar surface area (TPSA) is 65.0 Å². The van der Waals surface area contributed by atoms with E-state index in [9.17, 15) is 0 Å². The Morgan fingerprint density at radius 2 is 1.84 bits per heavy atom. The molecule has 0 atom stereocenters. The third-order valence-electron chi connectivity index (χ3n) is 3.55. The molecule has 0 unspecified atom stereocenters. The van der Waals surface area contributed by atoms with Gasteiger partial charge in [0.25, 0.3) is 5.22 Å². The van der Waals surface area contributed by atoms with E-state index in [0.29, 0.717) is 16.9 Å². The Labute approximate surface area is 153 Å². The number of thioether (sulfide) groups is 1. The summed E-state index contributed by atoms with van der Waals surface area (Å²) >= 11 is 3.05. The van der Waals surface area contributed by atoms with Crippen molar-refractivity contribution in [2.75, 3.05) is 0 Å². The molecular weight excluding hydrogens is 354 g/mol. The predicted molar refractivity (Wildman–Crippen MR) is 98.6 cm³/mol. The van der Waals surface area contributed by atoms with Gasteiger partial charge in [-0.05, 0) is 38.1 Å². The fourth-order valence-electron chi connectivity index (χ4n) is 2.25. The van der Waals surface area contributed by atoms with Crippen molar-refractivity contribution in [3.63, 3.8) is 0 Å². The molecule has 1 aromatic carbocycles. The average Bonchev–Trinajstić information content (AvgIpc) is 3.34. The number of hydrogen-bond donors (Lipinski definition) is 0. The first kappa shape index (κ1) is 16.1. The zero-order chi connectivity index (χ0) is 17.2. The Morgan fingerprint density at radius 3 is 2.60 bits per heavy atom. The van der Waals surface area contributed by atoms with Crippen LogP contribution in [-0.2, 0) is 5.75 Å². The highest BCUT2D eigenvalue weighted by atomic mass is 32.2. The SMILES string of the molecule is Cc1ccc(-c2nnc(SCc3csc(-c4ccc(C)o4)n3)o2)cc1. The van der Waals surface area contributed by atoms with Crippen LogP contribution in [0.4, 0.5) is 0 Å². The standard InChI is InChI=1S/C18H15N3O2S2/c1-11-3-6-13(7-4-11)16-20-21-18(23-16)25-10-14-9-24-17(19-14)15-8-5-12(2)22-15/h3-9H,10H2,1-2H3. The minimum absolute atomic E-state index is 0.535. The van der Waals surface area contributed by atoms with Crippen molar-refractivity contribution >= 4 is 23.1 Å². The fraction of sp³-hybridized carbons (Fsp3) is 0.167. The monoisotopic (exact) mass is 369 g/mol. The van der Waals surface area contributed by atoms with Crippen molar-refractivity contribution in [1.29, 1.82) is 0 Å². The number of nitrogens with zero attached hydrogens (tertiary/aromatic N) is 3. The lowest BCUT2D eigenvalue weighted by Crippen LogP contribution is -1.81. The highest BCUT2D eigenvalue weighted by Gasteiger charge is 2.12. The second-order valence-electron chi connectivity index (χ2n) is 5.58. The number of benzene rings is 1. The minimum Gasteiger partial charge on any atom is -0.459 e. The third kappa shape index (κ3) is 3.67. The summed E-state index contributed by atoms with van der Waals surface area (Å²) in [6, 6.07) is 11.9. The molecule has 0 bridgehead atoms. The minimum atomic E-state index is 0.535. The molecule has 25 heavy (non-hydrogen) atoms. The second-order valence-corrected chi connectivity index (χ2v) is 7.37. The Balaban J connectivity index is 1.42. The maximum absolute atomic E-state index is 5.72. The Kier molecular flexibility index (Phi) is 4.42. The number of aromatic nitrogens is 3. The molecule has 0 fully saturated rings. The number of aryl methyl sites for hydroxylation is 2. The number of thiazole rings is 1. The van der Waals surface area contributed by atoms with Gasteiger partial charge in [0.2, 0.25) is 5.89 Å². The maximum atomic E-state index is 5.72. The molecule has 3 heterocycles. The summed E-state index contributed by atoms with van der Waals surface area (Å²) in [5.74, 6) is 2.90. The van der Waals surface area contributed by atoms with E-state index in [-0.39, 0.29) is 0 Å². The van der Waals surface area contributed by atoms with E-state index in [4.69, 9.17) is 8.83 Å². The van der Waals surface area contributed by atoms with Gasteiger partial charge in [-0.15, -0.1) is 21.5 Å². The van der Waals surface area contributed by atoms with E-state index >= 15 is 0 Å². The first-order valence-corrected chi connectivity index (χ1v) is 9.58. The van der Waals surface area contributed by atoms with E-state index < -0.39 is 0 Å². The first-order valence-electron chi connectivity index (χ1n) is 7.72. The van der Waals surface area contributed by atoms with E-state index in [1.165, 1.54) is 17.3 Å². The molecule has 4 rings (SSSR count). The van der Waals surface area contributed by atoms with Gasteiger partial charge in [0.05, 0.1) is 5.69 Å². The highest BCUT2D eigenvalue weighted by molar-refractivity contribution is 7.98. The molecule has 126 valence electrons. The van der Waals surface area contributed by atoms with Crippen molar-refractivity contribution < 1.29 is 8.83 Å². The lowest BCUT2D eigenvalue weighted by Gasteiger charge is -1.95. The van der Waals surface area contributed by atoms with Gasteiger partial charge in [-0.1, -0.05) is 29.5 Å². The van der Waals surface area contributed by atoms with Gasteiger partial charge in [0.15, 0.2) is 10.8 Å². The van der Waals surface area contributed by atoms with Crippen LogP contribution in [0.5, 0.6) is 0 Å². The summed E-state index contributed by atoms with van der Waals surface area (Å²) in [4.78, 5) is 4.60. The van der Waals surface area contributed by atoms with Crippen molar-refractivity contribution in [2.45, 2.75) is 24.8 Å². The highest BCUT2D eigenvalue weighted by Crippen LogP contribution is 2.29. The number of rotatable bonds is 5. The van der Waals surface area contributed by atoms with Gasteiger partial charge in [0, 0.05) is 16.7 Å². The summed E-state index contributed by atoms with van der Waals surface area (Å²) < 4.78 is 11.3. The third-order valence-corrected chi connectivity index (χ3v) is 5.31. The molecule has 5 nitrogen and oxygen atoms in total. The van der Waals surface area contributed by atoms with Gasteiger partial charge in [-0.25, -0.2) is 4.98 Å². The van der Waals surface area contributed by atoms with E-state index in [1.807, 2.05) is 55.6 Å². The van der Waals surface area contributed by atoms with Crippen LogP contribution < -0.4 is 0 Å². The summed E-state index contributed by atoms with van der Waals surface area (Å²) in [6.07, 6.45) is 0. The van der Waals surface area contributed by atoms with Crippen LogP contribution in [0.2, 0.25) is 0 Å². The maximum Gasteiger partial charge on any atom is 0.277 e. The van der Waals surface area contributed by atoms with Crippen LogP contribution in [0, 0.1) is 13.8 Å². The van der Waals surface area contributed by atoms with Crippen molar-refractivity contribution in [3.05, 3.63) is 58.8 Å². The van der Waals surface area contributed by atoms with Crippen LogP contribution in [-0.4, -0.2) is 15.2 Å². The molecule has 0 aliphatic carbocycles. The molecular formula is C18H15N3O2S2. The van der Waals surface area contributed by atoms with Crippen molar-refractivity contribution in [2.24, 2.45) is 0 Å². The lowest BCUT2D eigenvalue weighted by atomic mass is 10.1.